The zero-order chi connectivity index (χ0) is 44.3. The van der Waals surface area contributed by atoms with E-state index in [0.29, 0.717) is 17.7 Å². The Morgan fingerprint density at radius 2 is 1.88 bits per heavy atom. The van der Waals surface area contributed by atoms with Crippen molar-refractivity contribution in [1.29, 1.82) is 0 Å². The van der Waals surface area contributed by atoms with Crippen LogP contribution < -0.4 is 10.2 Å². The summed E-state index contributed by atoms with van der Waals surface area (Å²) in [6.07, 6.45) is -3.63. The van der Waals surface area contributed by atoms with Crippen LogP contribution in [-0.2, 0) is 24.1 Å². The van der Waals surface area contributed by atoms with Gasteiger partial charge in [-0.3, -0.25) is 9.79 Å². The van der Waals surface area contributed by atoms with E-state index in [-0.39, 0.29) is 46.0 Å². The van der Waals surface area contributed by atoms with Gasteiger partial charge in [-0.2, -0.15) is 0 Å². The van der Waals surface area contributed by atoms with Crippen molar-refractivity contribution >= 4 is 17.4 Å². The van der Waals surface area contributed by atoms with E-state index in [1.807, 2.05) is 0 Å². The Balaban J connectivity index is 1.41. The van der Waals surface area contributed by atoms with Gasteiger partial charge in [-0.15, -0.1) is 0 Å². The standard InChI is InChI=1S/C33H36F2N4O2/c1-38-8-10-39(11-9-38)29-4-5-30(26(19-29)15-22-6-12-41-13-7-22)33(40)37-32-31-18-23(2-3-25(31)21-36-32)14-24-16-27(34)20-28(35)17-24/h2-5,16-20,22H,6-15,21H2,1H3,(H,36,37,40)/i1D3,8D2,9D2,10D2,11D2,12D2,13D2,14D2,20D. The number of nitrogens with zero attached hydrogens (tertiary/aromatic N) is 3. The van der Waals surface area contributed by atoms with Gasteiger partial charge in [0.05, 0.1) is 18.9 Å². The fourth-order valence-electron chi connectivity index (χ4n) is 4.68. The van der Waals surface area contributed by atoms with Crippen molar-refractivity contribution in [2.24, 2.45) is 10.9 Å². The van der Waals surface area contributed by atoms with Gasteiger partial charge in [-0.1, -0.05) is 12.1 Å². The van der Waals surface area contributed by atoms with Crippen molar-refractivity contribution in [3.05, 3.63) is 99.6 Å². The number of nitrogens with one attached hydrogen (secondary N) is 1. The van der Waals surface area contributed by atoms with Crippen LogP contribution in [0.3, 0.4) is 0 Å². The zero-order valence-electron chi connectivity index (χ0n) is 39.4. The van der Waals surface area contributed by atoms with Crippen LogP contribution in [0.25, 0.3) is 0 Å². The summed E-state index contributed by atoms with van der Waals surface area (Å²) in [6.45, 7) is -23.3. The number of benzene rings is 3. The van der Waals surface area contributed by atoms with Crippen LogP contribution >= 0.6 is 0 Å². The van der Waals surface area contributed by atoms with Crippen LogP contribution in [0, 0.1) is 17.6 Å². The van der Waals surface area contributed by atoms with E-state index >= 15 is 0 Å². The second-order valence-electron chi connectivity index (χ2n) is 9.51. The van der Waals surface area contributed by atoms with E-state index in [0.717, 1.165) is 18.2 Å². The third-order valence-corrected chi connectivity index (χ3v) is 6.63. The van der Waals surface area contributed by atoms with E-state index in [2.05, 4.69) is 10.3 Å². The smallest absolute Gasteiger partial charge is 0.257 e. The first-order valence-corrected chi connectivity index (χ1v) is 12.6. The number of amidine groups is 1. The summed E-state index contributed by atoms with van der Waals surface area (Å²) in [7, 11) is 0. The van der Waals surface area contributed by atoms with Gasteiger partial charge in [0.1, 0.15) is 17.5 Å². The molecule has 0 radical (unpaired) electrons. The molecule has 0 atom stereocenters. The Labute approximate surface area is 265 Å². The first-order chi connectivity index (χ1) is 26.7. The second-order valence-corrected chi connectivity index (χ2v) is 9.51. The molecular formula is C33H36F2N4O2. The average molecular weight is 577 g/mol. The summed E-state index contributed by atoms with van der Waals surface area (Å²) < 4.78 is 183. The first kappa shape index (κ1) is 13.6. The van der Waals surface area contributed by atoms with Gasteiger partial charge in [0, 0.05) is 74.3 Å². The van der Waals surface area contributed by atoms with Crippen LogP contribution in [-0.4, -0.2) is 62.7 Å². The van der Waals surface area contributed by atoms with Crippen molar-refractivity contribution in [3.8, 4) is 0 Å². The largest absolute Gasteiger partial charge is 0.381 e. The molecule has 6 nitrogen and oxygen atoms in total. The SMILES string of the molecule is [2H]c1c(F)cc(C([2H])([2H])c2ccc3c(c2)C(NC(=O)c2ccc(N4C([2H])([2H])C([2H])([2H])N(C([2H])([2H])[2H])C([2H])([2H])C4([2H])[2H])cc2CC2CC([2H])([2H])OC([2H])([2H])C2)=NC3)cc1F. The number of aliphatic imine (C=N–C) groups is 1. The highest BCUT2D eigenvalue weighted by Crippen LogP contribution is 2.28. The predicted molar refractivity (Wildman–Crippen MR) is 157 cm³/mol. The summed E-state index contributed by atoms with van der Waals surface area (Å²) in [6, 6.07) is 7.61. The highest BCUT2D eigenvalue weighted by molar-refractivity contribution is 6.14. The Kier molecular flexibility index (Phi) is 4.00. The number of carbonyl (C=O) groups excluding carboxylic acids is 1. The number of ether oxygens (including phenoxy) is 1. The van der Waals surface area contributed by atoms with Crippen molar-refractivity contribution in [2.75, 3.05) is 51.0 Å². The minimum atomic E-state index is -3.72. The van der Waals surface area contributed by atoms with Crippen LogP contribution in [0.1, 0.15) is 75.7 Å². The minimum Gasteiger partial charge on any atom is -0.381 e. The molecule has 3 aliphatic heterocycles. The number of rotatable bonds is 6. The number of halogens is 2. The Morgan fingerprint density at radius 3 is 2.63 bits per heavy atom. The summed E-state index contributed by atoms with van der Waals surface area (Å²) in [5.74, 6) is -4.47. The van der Waals surface area contributed by atoms with Gasteiger partial charge < -0.3 is 19.9 Å². The summed E-state index contributed by atoms with van der Waals surface area (Å²) in [5.41, 5.74) is -0.639. The molecule has 2 saturated heterocycles. The lowest BCUT2D eigenvalue weighted by molar-refractivity contribution is 0.0664. The number of anilines is 1. The van der Waals surface area contributed by atoms with Gasteiger partial charge in [0.2, 0.25) is 0 Å². The van der Waals surface area contributed by atoms with E-state index < -0.39 is 111 Å². The third-order valence-electron chi connectivity index (χ3n) is 6.63. The molecule has 3 aromatic carbocycles. The number of piperazine rings is 1. The van der Waals surface area contributed by atoms with Crippen molar-refractivity contribution in [3.63, 3.8) is 0 Å². The van der Waals surface area contributed by atoms with Crippen LogP contribution in [0.2, 0.25) is 0 Å². The Bertz CT molecular complexity index is 2170. The fourth-order valence-corrected chi connectivity index (χ4v) is 4.68. The van der Waals surface area contributed by atoms with E-state index in [1.54, 1.807) is 0 Å². The highest BCUT2D eigenvalue weighted by atomic mass is 19.1. The molecular weight excluding hydrogens is 522 g/mol. The maximum absolute atomic E-state index is 14.3. The molecule has 3 heterocycles. The normalized spacial score (nSPS) is 32.3. The molecule has 41 heavy (non-hydrogen) atoms. The quantitative estimate of drug-likeness (QED) is 0.451. The molecule has 0 unspecified atom stereocenters. The van der Waals surface area contributed by atoms with Gasteiger partial charge in [-0.25, -0.2) is 8.78 Å². The molecule has 3 aliphatic rings. The van der Waals surface area contributed by atoms with Crippen LogP contribution in [0.15, 0.2) is 59.6 Å². The van der Waals surface area contributed by atoms with E-state index in [1.165, 1.54) is 18.2 Å². The maximum Gasteiger partial charge on any atom is 0.257 e. The molecule has 0 aromatic heterocycles. The number of amides is 1. The molecule has 1 N–H and O–H groups in total. The van der Waals surface area contributed by atoms with E-state index in [4.69, 9.17) is 29.4 Å². The third kappa shape index (κ3) is 6.49. The molecule has 0 bridgehead atoms. The second kappa shape index (κ2) is 12.1. The molecule has 1 amide bonds. The first-order valence-electron chi connectivity index (χ1n) is 21.6. The molecule has 8 heteroatoms. The number of fused-ring (bicyclic) bond motifs is 1. The number of likely N-dealkylation sites (N-methyl/N-ethyl adjacent to an activating group) is 1. The Hall–Kier alpha value is -3.62. The lowest BCUT2D eigenvalue weighted by Gasteiger charge is -2.34. The lowest BCUT2D eigenvalue weighted by atomic mass is 9.89. The number of hydrogen-bond donors (Lipinski definition) is 1. The average Bonchev–Trinajstić information content (AvgIpc) is 3.45. The van der Waals surface area contributed by atoms with E-state index in [9.17, 15) is 13.6 Å². The van der Waals surface area contributed by atoms with Crippen molar-refractivity contribution < 1.29 is 43.0 Å². The molecule has 0 spiro atoms. The number of hydrogen-bond acceptors (Lipinski definition) is 5. The fraction of sp³-hybridized carbons (Fsp3) is 0.394. The molecule has 3 aromatic rings. The van der Waals surface area contributed by atoms with Crippen LogP contribution in [0.5, 0.6) is 0 Å². The summed E-state index contributed by atoms with van der Waals surface area (Å²) in [5, 5.41) is 2.61. The van der Waals surface area contributed by atoms with Crippen molar-refractivity contribution in [2.45, 2.75) is 32.2 Å². The molecule has 214 valence electrons. The van der Waals surface area contributed by atoms with Gasteiger partial charge in [-0.05, 0) is 97.2 Å². The highest BCUT2D eigenvalue weighted by Gasteiger charge is 2.24. The number of carbonyl (C=O) groups is 1. The molecule has 2 fully saturated rings. The molecule has 0 saturated carbocycles. The lowest BCUT2D eigenvalue weighted by Crippen LogP contribution is -2.44. The topological polar surface area (TPSA) is 57.2 Å². The van der Waals surface area contributed by atoms with Gasteiger partial charge in [0.25, 0.3) is 5.91 Å². The zero-order valence-corrected chi connectivity index (χ0v) is 21.4. The molecule has 0 aliphatic carbocycles. The summed E-state index contributed by atoms with van der Waals surface area (Å²) in [4.78, 5) is 18.1. The molecule has 6 rings (SSSR count). The van der Waals surface area contributed by atoms with Crippen molar-refractivity contribution in [1.82, 2.24) is 10.2 Å². The van der Waals surface area contributed by atoms with Gasteiger partial charge in [0.15, 0.2) is 0 Å². The maximum atomic E-state index is 14.3. The predicted octanol–water partition coefficient (Wildman–Crippen LogP) is 4.97. The summed E-state index contributed by atoms with van der Waals surface area (Å²) >= 11 is 0. The van der Waals surface area contributed by atoms with Crippen LogP contribution in [0.4, 0.5) is 14.5 Å². The Morgan fingerprint density at radius 1 is 1.10 bits per heavy atom. The van der Waals surface area contributed by atoms with Gasteiger partial charge >= 0.3 is 0 Å². The minimum absolute atomic E-state index is 0.0133. The monoisotopic (exact) mass is 576 g/mol.